The minimum absolute atomic E-state index is 0.238. The molecule has 3 rings (SSSR count). The fourth-order valence-electron chi connectivity index (χ4n) is 2.28. The van der Waals surface area contributed by atoms with Crippen LogP contribution in [0.1, 0.15) is 5.56 Å². The Morgan fingerprint density at radius 1 is 0.952 bits per heavy atom. The highest BCUT2D eigenvalue weighted by Gasteiger charge is 2.09. The Morgan fingerprint density at radius 2 is 1.67 bits per heavy atom. The largest absolute Gasteiger partial charge is 0.455 e. The standard InChI is InChI=1S/C17H13ClFNO/c18-15-9-12(19)6-8-17(15)21-16-7-5-11(10-20)13-3-1-2-4-14(13)16/h1-9H,10,20H2. The lowest BCUT2D eigenvalue weighted by molar-refractivity contribution is 0.486. The third kappa shape index (κ3) is 2.71. The zero-order valence-electron chi connectivity index (χ0n) is 11.1. The van der Waals surface area contributed by atoms with Crippen molar-refractivity contribution >= 4 is 22.4 Å². The van der Waals surface area contributed by atoms with Gasteiger partial charge in [-0.15, -0.1) is 0 Å². The van der Waals surface area contributed by atoms with Gasteiger partial charge in [0.25, 0.3) is 0 Å². The van der Waals surface area contributed by atoms with Gasteiger partial charge in [-0.05, 0) is 35.2 Å². The summed E-state index contributed by atoms with van der Waals surface area (Å²) >= 11 is 6.00. The predicted octanol–water partition coefficient (Wildman–Crippen LogP) is 4.88. The molecule has 0 unspecified atom stereocenters. The van der Waals surface area contributed by atoms with Crippen molar-refractivity contribution in [1.82, 2.24) is 0 Å². The van der Waals surface area contributed by atoms with Crippen molar-refractivity contribution in [2.75, 3.05) is 0 Å². The molecule has 106 valence electrons. The van der Waals surface area contributed by atoms with Gasteiger partial charge in [0.1, 0.15) is 17.3 Å². The maximum atomic E-state index is 13.1. The molecule has 0 aliphatic carbocycles. The Morgan fingerprint density at radius 3 is 2.38 bits per heavy atom. The molecule has 0 bridgehead atoms. The highest BCUT2D eigenvalue weighted by molar-refractivity contribution is 6.32. The summed E-state index contributed by atoms with van der Waals surface area (Å²) in [6.45, 7) is 0.456. The van der Waals surface area contributed by atoms with Gasteiger partial charge < -0.3 is 10.5 Å². The van der Waals surface area contributed by atoms with E-state index in [0.29, 0.717) is 18.0 Å². The van der Waals surface area contributed by atoms with E-state index in [2.05, 4.69) is 0 Å². The van der Waals surface area contributed by atoms with E-state index >= 15 is 0 Å². The molecule has 0 aliphatic heterocycles. The third-order valence-corrected chi connectivity index (χ3v) is 3.60. The van der Waals surface area contributed by atoms with Gasteiger partial charge in [0.2, 0.25) is 0 Å². The lowest BCUT2D eigenvalue weighted by atomic mass is 10.0. The summed E-state index contributed by atoms with van der Waals surface area (Å²) in [7, 11) is 0. The SMILES string of the molecule is NCc1ccc(Oc2ccc(F)cc2Cl)c2ccccc12. The monoisotopic (exact) mass is 301 g/mol. The fourth-order valence-corrected chi connectivity index (χ4v) is 2.48. The van der Waals surface area contributed by atoms with E-state index < -0.39 is 5.82 Å². The van der Waals surface area contributed by atoms with E-state index in [4.69, 9.17) is 22.1 Å². The van der Waals surface area contributed by atoms with Crippen LogP contribution in [0, 0.1) is 5.82 Å². The van der Waals surface area contributed by atoms with Crippen LogP contribution in [-0.4, -0.2) is 0 Å². The number of fused-ring (bicyclic) bond motifs is 1. The zero-order valence-corrected chi connectivity index (χ0v) is 11.9. The van der Waals surface area contributed by atoms with Gasteiger partial charge in [0.15, 0.2) is 0 Å². The van der Waals surface area contributed by atoms with E-state index in [1.165, 1.54) is 18.2 Å². The van der Waals surface area contributed by atoms with Gasteiger partial charge in [-0.1, -0.05) is 41.9 Å². The number of halogens is 2. The molecule has 0 aliphatic rings. The van der Waals surface area contributed by atoms with Crippen LogP contribution in [0.2, 0.25) is 5.02 Å². The Hall–Kier alpha value is -2.10. The lowest BCUT2D eigenvalue weighted by Gasteiger charge is -2.12. The maximum absolute atomic E-state index is 13.1. The van der Waals surface area contributed by atoms with Gasteiger partial charge in [0.05, 0.1) is 5.02 Å². The average Bonchev–Trinajstić information content (AvgIpc) is 2.50. The van der Waals surface area contributed by atoms with Crippen LogP contribution in [0.4, 0.5) is 4.39 Å². The molecule has 0 aromatic heterocycles. The van der Waals surface area contributed by atoms with Crippen molar-refractivity contribution in [3.05, 3.63) is 71.0 Å². The van der Waals surface area contributed by atoms with Gasteiger partial charge in [0, 0.05) is 11.9 Å². The Balaban J connectivity index is 2.09. The smallest absolute Gasteiger partial charge is 0.146 e. The van der Waals surface area contributed by atoms with Crippen molar-refractivity contribution in [1.29, 1.82) is 0 Å². The van der Waals surface area contributed by atoms with Crippen molar-refractivity contribution < 1.29 is 9.13 Å². The molecule has 0 radical (unpaired) electrons. The Bertz CT molecular complexity index is 804. The molecule has 0 spiro atoms. The summed E-state index contributed by atoms with van der Waals surface area (Å²) in [4.78, 5) is 0. The summed E-state index contributed by atoms with van der Waals surface area (Å²) in [6, 6.07) is 15.7. The van der Waals surface area contributed by atoms with Crippen LogP contribution >= 0.6 is 11.6 Å². The Kier molecular flexibility index (Phi) is 3.78. The molecule has 3 aromatic rings. The summed E-state index contributed by atoms with van der Waals surface area (Å²) < 4.78 is 18.9. The first kappa shape index (κ1) is 13.9. The van der Waals surface area contributed by atoms with Gasteiger partial charge >= 0.3 is 0 Å². The predicted molar refractivity (Wildman–Crippen MR) is 83.3 cm³/mol. The van der Waals surface area contributed by atoms with E-state index in [-0.39, 0.29) is 5.02 Å². The molecule has 0 heterocycles. The molecule has 0 fully saturated rings. The highest BCUT2D eigenvalue weighted by atomic mass is 35.5. The molecule has 2 N–H and O–H groups in total. The second-order valence-corrected chi connectivity index (χ2v) is 5.06. The van der Waals surface area contributed by atoms with Gasteiger partial charge in [-0.2, -0.15) is 0 Å². The van der Waals surface area contributed by atoms with E-state index in [1.807, 2.05) is 36.4 Å². The third-order valence-electron chi connectivity index (χ3n) is 3.31. The Labute approximate surface area is 126 Å². The second kappa shape index (κ2) is 5.72. The summed E-state index contributed by atoms with van der Waals surface area (Å²) in [6.07, 6.45) is 0. The van der Waals surface area contributed by atoms with Crippen LogP contribution in [0.3, 0.4) is 0 Å². The van der Waals surface area contributed by atoms with Crippen LogP contribution < -0.4 is 10.5 Å². The van der Waals surface area contributed by atoms with Gasteiger partial charge in [-0.3, -0.25) is 0 Å². The number of nitrogens with two attached hydrogens (primary N) is 1. The number of ether oxygens (including phenoxy) is 1. The molecule has 0 saturated heterocycles. The number of hydrogen-bond donors (Lipinski definition) is 1. The molecule has 0 saturated carbocycles. The molecule has 4 heteroatoms. The lowest BCUT2D eigenvalue weighted by Crippen LogP contribution is -1.98. The van der Waals surface area contributed by atoms with Gasteiger partial charge in [-0.25, -0.2) is 4.39 Å². The van der Waals surface area contributed by atoms with Crippen molar-refractivity contribution in [3.8, 4) is 11.5 Å². The molecule has 0 atom stereocenters. The normalized spacial score (nSPS) is 10.8. The second-order valence-electron chi connectivity index (χ2n) is 4.65. The maximum Gasteiger partial charge on any atom is 0.146 e. The van der Waals surface area contributed by atoms with E-state index in [1.54, 1.807) is 0 Å². The first-order valence-corrected chi connectivity index (χ1v) is 6.90. The molecule has 2 nitrogen and oxygen atoms in total. The first-order valence-electron chi connectivity index (χ1n) is 6.52. The van der Waals surface area contributed by atoms with Crippen LogP contribution in [0.15, 0.2) is 54.6 Å². The van der Waals surface area contributed by atoms with E-state index in [9.17, 15) is 4.39 Å². The van der Waals surface area contributed by atoms with Crippen LogP contribution in [-0.2, 0) is 6.54 Å². The molecule has 3 aromatic carbocycles. The molecular formula is C17H13ClFNO. The summed E-state index contributed by atoms with van der Waals surface area (Å²) in [5.74, 6) is 0.690. The first-order chi connectivity index (χ1) is 10.2. The molecule has 0 amide bonds. The van der Waals surface area contributed by atoms with Crippen molar-refractivity contribution in [2.45, 2.75) is 6.54 Å². The van der Waals surface area contributed by atoms with Crippen molar-refractivity contribution in [3.63, 3.8) is 0 Å². The highest BCUT2D eigenvalue weighted by Crippen LogP contribution is 2.35. The minimum atomic E-state index is -0.393. The number of hydrogen-bond acceptors (Lipinski definition) is 2. The minimum Gasteiger partial charge on any atom is -0.455 e. The summed E-state index contributed by atoms with van der Waals surface area (Å²) in [5, 5.41) is 2.22. The summed E-state index contributed by atoms with van der Waals surface area (Å²) in [5.41, 5.74) is 6.80. The quantitative estimate of drug-likeness (QED) is 0.748. The number of rotatable bonds is 3. The zero-order chi connectivity index (χ0) is 14.8. The fraction of sp³-hybridized carbons (Fsp3) is 0.0588. The topological polar surface area (TPSA) is 35.2 Å². The van der Waals surface area contributed by atoms with Crippen LogP contribution in [0.25, 0.3) is 10.8 Å². The molecular weight excluding hydrogens is 289 g/mol. The average molecular weight is 302 g/mol. The van der Waals surface area contributed by atoms with Crippen molar-refractivity contribution in [2.24, 2.45) is 5.73 Å². The number of benzene rings is 3. The van der Waals surface area contributed by atoms with Crippen LogP contribution in [0.5, 0.6) is 11.5 Å². The van der Waals surface area contributed by atoms with E-state index in [0.717, 1.165) is 16.3 Å². The molecule has 21 heavy (non-hydrogen) atoms.